The maximum Gasteiger partial charge on any atom is 0.215 e. The average molecular weight is 527 g/mol. The van der Waals surface area contributed by atoms with E-state index in [-0.39, 0.29) is 29.7 Å². The second kappa shape index (κ2) is 12.1. The summed E-state index contributed by atoms with van der Waals surface area (Å²) in [4.78, 5) is 4.68. The summed E-state index contributed by atoms with van der Waals surface area (Å²) in [6, 6.07) is 8.06. The molecule has 3 N–H and O–H groups in total. The lowest BCUT2D eigenvalue weighted by molar-refractivity contribution is 0.587. The Morgan fingerprint density at radius 3 is 2.44 bits per heavy atom. The van der Waals surface area contributed by atoms with Crippen LogP contribution < -0.4 is 15.4 Å². The summed E-state index contributed by atoms with van der Waals surface area (Å²) in [5, 5.41) is 7.59. The molecule has 0 radical (unpaired) electrons. The van der Waals surface area contributed by atoms with E-state index in [1.54, 1.807) is 0 Å². The summed E-state index contributed by atoms with van der Waals surface area (Å²) >= 11 is 1.95. The van der Waals surface area contributed by atoms with E-state index in [9.17, 15) is 8.42 Å². The highest BCUT2D eigenvalue weighted by Crippen LogP contribution is 2.28. The first kappa shape index (κ1) is 24.5. The number of halogens is 1. The molecule has 0 saturated heterocycles. The van der Waals surface area contributed by atoms with Gasteiger partial charge >= 0.3 is 0 Å². The molecule has 0 heterocycles. The Hall–Kier alpha value is -0.520. The van der Waals surface area contributed by atoms with Crippen molar-refractivity contribution in [3.8, 4) is 0 Å². The van der Waals surface area contributed by atoms with Gasteiger partial charge in [-0.25, -0.2) is 18.1 Å². The van der Waals surface area contributed by atoms with Crippen LogP contribution in [0.2, 0.25) is 0 Å². The molecule has 9 heteroatoms. The predicted molar refractivity (Wildman–Crippen MR) is 126 cm³/mol. The van der Waals surface area contributed by atoms with Crippen LogP contribution in [0, 0.1) is 0 Å². The molecule has 1 aliphatic carbocycles. The van der Waals surface area contributed by atoms with Crippen molar-refractivity contribution in [2.45, 2.75) is 49.8 Å². The zero-order valence-electron chi connectivity index (χ0n) is 16.2. The monoisotopic (exact) mass is 526 g/mol. The highest BCUT2D eigenvalue weighted by Gasteiger charge is 2.24. The third kappa shape index (κ3) is 8.57. The van der Waals surface area contributed by atoms with Crippen molar-refractivity contribution in [1.29, 1.82) is 0 Å². The number of rotatable bonds is 8. The van der Waals surface area contributed by atoms with Crippen LogP contribution in [-0.2, 0) is 22.3 Å². The molecule has 2 unspecified atom stereocenters. The summed E-state index contributed by atoms with van der Waals surface area (Å²) in [6.45, 7) is 3.45. The molecule has 0 bridgehead atoms. The second-order valence-electron chi connectivity index (χ2n) is 6.49. The standard InChI is InChI=1S/C18H30N4O2S2.HI/c1-4-20-18(22-16-9-10-17(11-16)25-3)21-12-14-5-7-15(8-6-14)13-26(23,24)19-2;/h5-8,16-17,19H,4,9-13H2,1-3H3,(H2,20,21,22);1H. The van der Waals surface area contributed by atoms with Gasteiger partial charge in [0.2, 0.25) is 10.0 Å². The summed E-state index contributed by atoms with van der Waals surface area (Å²) in [5.74, 6) is 0.844. The third-order valence-electron chi connectivity index (χ3n) is 4.51. The SMILES string of the molecule is CCNC(=NCc1ccc(CS(=O)(=O)NC)cc1)NC1CCC(SC)C1.I. The van der Waals surface area contributed by atoms with Crippen LogP contribution in [0.15, 0.2) is 29.3 Å². The van der Waals surface area contributed by atoms with Crippen molar-refractivity contribution in [2.24, 2.45) is 4.99 Å². The van der Waals surface area contributed by atoms with Crippen LogP contribution in [0.3, 0.4) is 0 Å². The Labute approximate surface area is 184 Å². The molecule has 154 valence electrons. The van der Waals surface area contributed by atoms with Crippen LogP contribution >= 0.6 is 35.7 Å². The number of thioether (sulfide) groups is 1. The van der Waals surface area contributed by atoms with Crippen LogP contribution in [0.1, 0.15) is 37.3 Å². The van der Waals surface area contributed by atoms with E-state index >= 15 is 0 Å². The average Bonchev–Trinajstić information content (AvgIpc) is 3.08. The van der Waals surface area contributed by atoms with E-state index in [0.717, 1.165) is 28.9 Å². The van der Waals surface area contributed by atoms with E-state index in [0.29, 0.717) is 12.6 Å². The topological polar surface area (TPSA) is 82.6 Å². The van der Waals surface area contributed by atoms with Crippen LogP contribution in [-0.4, -0.2) is 45.5 Å². The Kier molecular flexibility index (Phi) is 11.0. The van der Waals surface area contributed by atoms with E-state index < -0.39 is 10.0 Å². The minimum absolute atomic E-state index is 0. The van der Waals surface area contributed by atoms with Crippen LogP contribution in [0.4, 0.5) is 0 Å². The number of nitrogens with one attached hydrogen (secondary N) is 3. The molecular formula is C18H31IN4O2S2. The summed E-state index contributed by atoms with van der Waals surface area (Å²) in [5.41, 5.74) is 1.83. The molecule has 1 aromatic rings. The van der Waals surface area contributed by atoms with Crippen molar-refractivity contribution in [3.63, 3.8) is 0 Å². The number of nitrogens with zero attached hydrogens (tertiary/aromatic N) is 1. The van der Waals surface area contributed by atoms with Gasteiger partial charge in [0.05, 0.1) is 12.3 Å². The Morgan fingerprint density at radius 2 is 1.89 bits per heavy atom. The molecule has 2 atom stereocenters. The highest BCUT2D eigenvalue weighted by atomic mass is 127. The third-order valence-corrected chi connectivity index (χ3v) is 6.94. The summed E-state index contributed by atoms with van der Waals surface area (Å²) < 4.78 is 25.5. The van der Waals surface area contributed by atoms with E-state index in [1.807, 2.05) is 36.0 Å². The minimum atomic E-state index is -3.24. The molecule has 1 aromatic carbocycles. The Balaban J connectivity index is 0.00000364. The number of hydrogen-bond acceptors (Lipinski definition) is 4. The number of sulfonamides is 1. The lowest BCUT2D eigenvalue weighted by atomic mass is 10.1. The first-order chi connectivity index (χ1) is 12.5. The molecule has 2 rings (SSSR count). The molecule has 0 amide bonds. The van der Waals surface area contributed by atoms with Gasteiger partial charge in [-0.1, -0.05) is 24.3 Å². The van der Waals surface area contributed by atoms with Crippen LogP contribution in [0.25, 0.3) is 0 Å². The zero-order chi connectivity index (χ0) is 19.0. The number of aliphatic imine (C=N–C) groups is 1. The van der Waals surface area contributed by atoms with Gasteiger partial charge in [-0.15, -0.1) is 24.0 Å². The van der Waals surface area contributed by atoms with E-state index in [1.165, 1.54) is 26.3 Å². The molecule has 27 heavy (non-hydrogen) atoms. The first-order valence-electron chi connectivity index (χ1n) is 9.02. The molecule has 6 nitrogen and oxygen atoms in total. The molecule has 0 spiro atoms. The van der Waals surface area contributed by atoms with E-state index in [2.05, 4.69) is 33.5 Å². The highest BCUT2D eigenvalue weighted by molar-refractivity contribution is 14.0. The summed E-state index contributed by atoms with van der Waals surface area (Å²) in [7, 11) is -1.81. The minimum Gasteiger partial charge on any atom is -0.357 e. The van der Waals surface area contributed by atoms with Gasteiger partial charge in [0, 0.05) is 17.8 Å². The Morgan fingerprint density at radius 1 is 1.22 bits per heavy atom. The number of benzene rings is 1. The fraction of sp³-hybridized carbons (Fsp3) is 0.611. The lowest BCUT2D eigenvalue weighted by Gasteiger charge is -2.17. The Bertz CT molecular complexity index is 696. The number of guanidine groups is 1. The van der Waals surface area contributed by atoms with Gasteiger partial charge in [-0.2, -0.15) is 11.8 Å². The normalized spacial score (nSPS) is 20.2. The molecule has 1 saturated carbocycles. The first-order valence-corrected chi connectivity index (χ1v) is 12.0. The smallest absolute Gasteiger partial charge is 0.215 e. The van der Waals surface area contributed by atoms with Gasteiger partial charge < -0.3 is 10.6 Å². The quantitative estimate of drug-likeness (QED) is 0.276. The van der Waals surface area contributed by atoms with Crippen molar-refractivity contribution in [1.82, 2.24) is 15.4 Å². The van der Waals surface area contributed by atoms with Crippen molar-refractivity contribution in [3.05, 3.63) is 35.4 Å². The molecule has 0 aliphatic heterocycles. The van der Waals surface area contributed by atoms with Gasteiger partial charge in [-0.3, -0.25) is 0 Å². The van der Waals surface area contributed by atoms with Gasteiger partial charge in [0.15, 0.2) is 5.96 Å². The molecule has 0 aromatic heterocycles. The summed E-state index contributed by atoms with van der Waals surface area (Å²) in [6.07, 6.45) is 5.80. The van der Waals surface area contributed by atoms with Crippen LogP contribution in [0.5, 0.6) is 0 Å². The second-order valence-corrected chi connectivity index (χ2v) is 9.55. The van der Waals surface area contributed by atoms with Crippen molar-refractivity contribution in [2.75, 3.05) is 19.8 Å². The molecule has 1 aliphatic rings. The largest absolute Gasteiger partial charge is 0.357 e. The van der Waals surface area contributed by atoms with E-state index in [4.69, 9.17) is 0 Å². The maximum absolute atomic E-state index is 11.6. The van der Waals surface area contributed by atoms with Crippen molar-refractivity contribution >= 4 is 51.7 Å². The number of hydrogen-bond donors (Lipinski definition) is 3. The maximum atomic E-state index is 11.6. The molecular weight excluding hydrogens is 495 g/mol. The van der Waals surface area contributed by atoms with Crippen molar-refractivity contribution < 1.29 is 8.42 Å². The van der Waals surface area contributed by atoms with Gasteiger partial charge in [0.1, 0.15) is 0 Å². The predicted octanol–water partition coefficient (Wildman–Crippen LogP) is 2.69. The zero-order valence-corrected chi connectivity index (χ0v) is 20.2. The molecule has 1 fully saturated rings. The lowest BCUT2D eigenvalue weighted by Crippen LogP contribution is -2.42. The van der Waals surface area contributed by atoms with Gasteiger partial charge in [0.25, 0.3) is 0 Å². The fourth-order valence-corrected chi connectivity index (χ4v) is 4.57. The van der Waals surface area contributed by atoms with Gasteiger partial charge in [-0.05, 0) is 50.6 Å². The fourth-order valence-electron chi connectivity index (χ4n) is 3.00.